The van der Waals surface area contributed by atoms with E-state index in [-0.39, 0.29) is 22.6 Å². The van der Waals surface area contributed by atoms with Crippen LogP contribution in [0.4, 0.5) is 0 Å². The highest BCUT2D eigenvalue weighted by Gasteiger charge is 2.72. The molecule has 0 bridgehead atoms. The number of amides is 1. The first-order chi connectivity index (χ1) is 16.4. The summed E-state index contributed by atoms with van der Waals surface area (Å²) in [6, 6.07) is 25.9. The molecule has 1 amide bonds. The maximum absolute atomic E-state index is 13.9. The zero-order chi connectivity index (χ0) is 23.9. The van der Waals surface area contributed by atoms with Gasteiger partial charge in [0.2, 0.25) is 5.91 Å². The van der Waals surface area contributed by atoms with E-state index in [1.165, 1.54) is 19.2 Å². The van der Waals surface area contributed by atoms with Gasteiger partial charge in [-0.1, -0.05) is 72.8 Å². The van der Waals surface area contributed by atoms with E-state index < -0.39 is 21.5 Å². The molecule has 3 aromatic rings. The van der Waals surface area contributed by atoms with Gasteiger partial charge >= 0.3 is 0 Å². The number of carbonyl (C=O) groups excluding carboxylic acids is 1. The van der Waals surface area contributed by atoms with Gasteiger partial charge in [-0.25, -0.2) is 12.7 Å². The molecule has 2 fully saturated rings. The second-order valence-electron chi connectivity index (χ2n) is 8.88. The lowest BCUT2D eigenvalue weighted by molar-refractivity contribution is -0.157. The minimum atomic E-state index is -4.08. The SMILES string of the molecule is C/C=C/[C@@H]1[C@H](c2ccccc2)C[C@]2(c3ccccc3)[C@H]1C(=O)N2S(=O)(=O)c1ccc(OC)cc1. The van der Waals surface area contributed by atoms with Crippen molar-refractivity contribution in [3.63, 3.8) is 0 Å². The molecule has 0 N–H and O–H groups in total. The zero-order valence-electron chi connectivity index (χ0n) is 19.2. The Morgan fingerprint density at radius 2 is 1.56 bits per heavy atom. The van der Waals surface area contributed by atoms with Crippen LogP contribution >= 0.6 is 0 Å². The first-order valence-corrected chi connectivity index (χ1v) is 12.9. The summed E-state index contributed by atoms with van der Waals surface area (Å²) in [4.78, 5) is 13.8. The molecular formula is C28H27NO4S. The van der Waals surface area contributed by atoms with Gasteiger partial charge in [0.1, 0.15) is 5.75 Å². The summed E-state index contributed by atoms with van der Waals surface area (Å²) in [5.74, 6) is -0.321. The number of rotatable bonds is 6. The van der Waals surface area contributed by atoms with Gasteiger partial charge < -0.3 is 4.74 Å². The lowest BCUT2D eigenvalue weighted by Crippen LogP contribution is -2.68. The molecule has 1 saturated carbocycles. The van der Waals surface area contributed by atoms with E-state index in [0.717, 1.165) is 15.4 Å². The summed E-state index contributed by atoms with van der Waals surface area (Å²) in [6.45, 7) is 1.94. The van der Waals surface area contributed by atoms with Gasteiger partial charge in [0.05, 0.1) is 23.5 Å². The largest absolute Gasteiger partial charge is 0.497 e. The van der Waals surface area contributed by atoms with Crippen LogP contribution in [0, 0.1) is 11.8 Å². The van der Waals surface area contributed by atoms with E-state index in [1.807, 2.05) is 61.5 Å². The van der Waals surface area contributed by atoms with Crippen LogP contribution < -0.4 is 4.74 Å². The molecule has 5 rings (SSSR count). The van der Waals surface area contributed by atoms with Crippen LogP contribution in [0.2, 0.25) is 0 Å². The van der Waals surface area contributed by atoms with Crippen molar-refractivity contribution in [2.75, 3.05) is 7.11 Å². The molecule has 0 aromatic heterocycles. The van der Waals surface area contributed by atoms with Crippen molar-refractivity contribution in [2.45, 2.75) is 29.7 Å². The summed E-state index contributed by atoms with van der Waals surface area (Å²) in [5, 5.41) is 0. The molecule has 6 heteroatoms. The molecule has 3 aromatic carbocycles. The zero-order valence-corrected chi connectivity index (χ0v) is 20.0. The van der Waals surface area contributed by atoms with Gasteiger partial charge in [-0.3, -0.25) is 4.79 Å². The number of methoxy groups -OCH3 is 1. The fourth-order valence-electron chi connectivity index (χ4n) is 5.82. The van der Waals surface area contributed by atoms with Gasteiger partial charge in [0.25, 0.3) is 10.0 Å². The molecule has 1 heterocycles. The number of ether oxygens (including phenoxy) is 1. The molecule has 0 radical (unpaired) electrons. The minimum Gasteiger partial charge on any atom is -0.497 e. The van der Waals surface area contributed by atoms with E-state index >= 15 is 0 Å². The first kappa shape index (κ1) is 22.4. The number of sulfonamides is 1. The van der Waals surface area contributed by atoms with Gasteiger partial charge in [-0.15, -0.1) is 0 Å². The standard InChI is InChI=1S/C28H27NO4S/c1-3-10-24-25(20-11-6-4-7-12-20)19-28(21-13-8-5-9-14-21)26(24)27(30)29(28)34(31,32)23-17-15-22(33-2)16-18-23/h3-18,24-26H,19H2,1-2H3/b10-3+/t24-,25+,26-,28+/m1/s1. The van der Waals surface area contributed by atoms with Crippen LogP contribution in [0.3, 0.4) is 0 Å². The lowest BCUT2D eigenvalue weighted by Gasteiger charge is -2.54. The Morgan fingerprint density at radius 1 is 0.941 bits per heavy atom. The number of benzene rings is 3. The second kappa shape index (κ2) is 8.44. The Labute approximate surface area is 200 Å². The second-order valence-corrected chi connectivity index (χ2v) is 10.7. The number of hydrogen-bond donors (Lipinski definition) is 0. The maximum atomic E-state index is 13.9. The van der Waals surface area contributed by atoms with Crippen molar-refractivity contribution in [2.24, 2.45) is 11.8 Å². The van der Waals surface area contributed by atoms with Crippen molar-refractivity contribution in [1.29, 1.82) is 0 Å². The fourth-order valence-corrected chi connectivity index (χ4v) is 7.58. The minimum absolute atomic E-state index is 0.0163. The molecule has 4 atom stereocenters. The molecule has 0 unspecified atom stereocenters. The highest BCUT2D eigenvalue weighted by Crippen LogP contribution is 2.65. The maximum Gasteiger partial charge on any atom is 0.267 e. The van der Waals surface area contributed by atoms with Crippen LogP contribution in [0.5, 0.6) is 5.75 Å². The third kappa shape index (κ3) is 3.20. The Hall–Kier alpha value is -3.38. The van der Waals surface area contributed by atoms with Crippen molar-refractivity contribution in [3.05, 3.63) is 108 Å². The quantitative estimate of drug-likeness (QED) is 0.368. The van der Waals surface area contributed by atoms with E-state index in [4.69, 9.17) is 4.74 Å². The Balaban J connectivity index is 1.68. The van der Waals surface area contributed by atoms with Gasteiger partial charge in [0.15, 0.2) is 0 Å². The van der Waals surface area contributed by atoms with Crippen LogP contribution in [-0.4, -0.2) is 25.7 Å². The highest BCUT2D eigenvalue weighted by molar-refractivity contribution is 7.89. The number of nitrogens with zero attached hydrogens (tertiary/aromatic N) is 1. The summed E-state index contributed by atoms with van der Waals surface area (Å²) in [5.41, 5.74) is 1.02. The third-order valence-electron chi connectivity index (χ3n) is 7.24. The Bertz CT molecular complexity index is 1320. The predicted molar refractivity (Wildman–Crippen MR) is 131 cm³/mol. The fraction of sp³-hybridized carbons (Fsp3) is 0.250. The van der Waals surface area contributed by atoms with Crippen LogP contribution in [0.25, 0.3) is 0 Å². The smallest absolute Gasteiger partial charge is 0.267 e. The molecular weight excluding hydrogens is 446 g/mol. The molecule has 2 aliphatic rings. The van der Waals surface area contributed by atoms with Crippen LogP contribution in [-0.2, 0) is 20.4 Å². The third-order valence-corrected chi connectivity index (χ3v) is 9.09. The van der Waals surface area contributed by atoms with E-state index in [9.17, 15) is 13.2 Å². The van der Waals surface area contributed by atoms with Crippen LogP contribution in [0.15, 0.2) is 102 Å². The Kier molecular flexibility index (Phi) is 5.56. The van der Waals surface area contributed by atoms with E-state index in [0.29, 0.717) is 12.2 Å². The first-order valence-electron chi connectivity index (χ1n) is 11.4. The molecule has 1 aliphatic heterocycles. The number of β-lactam (4-membered cyclic amide) rings is 1. The van der Waals surface area contributed by atoms with E-state index in [1.54, 1.807) is 12.1 Å². The Morgan fingerprint density at radius 3 is 2.15 bits per heavy atom. The summed E-state index contributed by atoms with van der Waals surface area (Å²) in [7, 11) is -2.55. The topological polar surface area (TPSA) is 63.7 Å². The molecule has 1 saturated heterocycles. The summed E-state index contributed by atoms with van der Waals surface area (Å²) in [6.07, 6.45) is 4.57. The monoisotopic (exact) mass is 473 g/mol. The molecule has 0 spiro atoms. The summed E-state index contributed by atoms with van der Waals surface area (Å²) >= 11 is 0. The number of hydrogen-bond acceptors (Lipinski definition) is 4. The van der Waals surface area contributed by atoms with Gasteiger partial charge in [-0.05, 0) is 60.6 Å². The molecule has 34 heavy (non-hydrogen) atoms. The number of fused-ring (bicyclic) bond motifs is 1. The van der Waals surface area contributed by atoms with Gasteiger partial charge in [0, 0.05) is 0 Å². The van der Waals surface area contributed by atoms with Crippen LogP contribution in [0.1, 0.15) is 30.4 Å². The van der Waals surface area contributed by atoms with Crippen molar-refractivity contribution >= 4 is 15.9 Å². The van der Waals surface area contributed by atoms with Crippen molar-refractivity contribution in [1.82, 2.24) is 4.31 Å². The normalized spacial score (nSPS) is 26.4. The average molecular weight is 474 g/mol. The number of allylic oxidation sites excluding steroid dienone is 2. The highest BCUT2D eigenvalue weighted by atomic mass is 32.2. The van der Waals surface area contributed by atoms with Crippen molar-refractivity contribution in [3.8, 4) is 5.75 Å². The molecule has 1 aliphatic carbocycles. The van der Waals surface area contributed by atoms with E-state index in [2.05, 4.69) is 18.2 Å². The van der Waals surface area contributed by atoms with Gasteiger partial charge in [-0.2, -0.15) is 0 Å². The molecule has 5 nitrogen and oxygen atoms in total. The lowest BCUT2D eigenvalue weighted by atomic mass is 9.70. The average Bonchev–Trinajstić information content (AvgIpc) is 3.15. The van der Waals surface area contributed by atoms with Crippen molar-refractivity contribution < 1.29 is 17.9 Å². The summed E-state index contributed by atoms with van der Waals surface area (Å²) < 4.78 is 34.1. The predicted octanol–water partition coefficient (Wildman–Crippen LogP) is 5.12. The molecule has 174 valence electrons. The number of carbonyl (C=O) groups is 1.